The van der Waals surface area contributed by atoms with Gasteiger partial charge in [0.2, 0.25) is 0 Å². The van der Waals surface area contributed by atoms with Gasteiger partial charge >= 0.3 is 0 Å². The van der Waals surface area contributed by atoms with Crippen LogP contribution >= 0.6 is 11.6 Å². The number of halogens is 3. The number of aliphatic hydroxyl groups is 1. The van der Waals surface area contributed by atoms with Crippen molar-refractivity contribution in [1.82, 2.24) is 0 Å². The van der Waals surface area contributed by atoms with E-state index in [1.54, 1.807) is 0 Å². The molecule has 1 aliphatic rings. The smallest absolute Gasteiger partial charge is 0.160 e. The van der Waals surface area contributed by atoms with E-state index in [4.69, 9.17) is 16.3 Å². The maximum atomic E-state index is 13.0. The molecule has 1 aromatic rings. The number of rotatable bonds is 2. The van der Waals surface area contributed by atoms with E-state index in [1.807, 2.05) is 0 Å². The van der Waals surface area contributed by atoms with Crippen molar-refractivity contribution in [3.63, 3.8) is 0 Å². The van der Waals surface area contributed by atoms with Crippen molar-refractivity contribution in [1.29, 1.82) is 0 Å². The minimum atomic E-state index is -1.02. The maximum absolute atomic E-state index is 13.0. The summed E-state index contributed by atoms with van der Waals surface area (Å²) >= 11 is 5.75. The highest BCUT2D eigenvalue weighted by atomic mass is 35.5. The Bertz CT molecular complexity index is 392. The van der Waals surface area contributed by atoms with Crippen LogP contribution in [0.4, 0.5) is 8.78 Å². The van der Waals surface area contributed by atoms with Crippen LogP contribution in [-0.2, 0) is 4.74 Å². The Morgan fingerprint density at radius 2 is 2.06 bits per heavy atom. The molecule has 2 nitrogen and oxygen atoms in total. The lowest BCUT2D eigenvalue weighted by molar-refractivity contribution is -0.00271. The van der Waals surface area contributed by atoms with Crippen molar-refractivity contribution in [3.8, 4) is 0 Å². The van der Waals surface area contributed by atoms with Crippen LogP contribution in [0.2, 0.25) is 5.02 Å². The second-order valence-corrected chi connectivity index (χ2v) is 4.19. The molecular formula is C11H11ClF2O2. The zero-order valence-corrected chi connectivity index (χ0v) is 9.18. The van der Waals surface area contributed by atoms with Gasteiger partial charge in [0.05, 0.1) is 6.10 Å². The van der Waals surface area contributed by atoms with E-state index >= 15 is 0 Å². The predicted octanol–water partition coefficient (Wildman–Crippen LogP) is 2.83. The summed E-state index contributed by atoms with van der Waals surface area (Å²) in [4.78, 5) is 0. The first kappa shape index (κ1) is 11.8. The van der Waals surface area contributed by atoms with Crippen LogP contribution in [0.15, 0.2) is 12.1 Å². The summed E-state index contributed by atoms with van der Waals surface area (Å²) in [5.41, 5.74) is 0.174. The molecule has 0 saturated carbocycles. The Labute approximate surface area is 96.8 Å². The Morgan fingerprint density at radius 3 is 2.69 bits per heavy atom. The van der Waals surface area contributed by atoms with E-state index in [1.165, 1.54) is 0 Å². The van der Waals surface area contributed by atoms with Crippen LogP contribution < -0.4 is 0 Å². The first-order chi connectivity index (χ1) is 7.59. The largest absolute Gasteiger partial charge is 0.386 e. The fraction of sp³-hybridized carbons (Fsp3) is 0.455. The molecule has 2 unspecified atom stereocenters. The van der Waals surface area contributed by atoms with Crippen molar-refractivity contribution >= 4 is 11.6 Å². The van der Waals surface area contributed by atoms with Gasteiger partial charge in [-0.15, -0.1) is 0 Å². The second-order valence-electron chi connectivity index (χ2n) is 3.78. The fourth-order valence-corrected chi connectivity index (χ4v) is 2.08. The molecule has 88 valence electrons. The minimum absolute atomic E-state index is 0.0156. The van der Waals surface area contributed by atoms with Crippen LogP contribution in [-0.4, -0.2) is 17.8 Å². The molecule has 0 amide bonds. The first-order valence-electron chi connectivity index (χ1n) is 5.03. The van der Waals surface area contributed by atoms with Gasteiger partial charge in [0, 0.05) is 17.2 Å². The third-order valence-corrected chi connectivity index (χ3v) is 3.00. The van der Waals surface area contributed by atoms with Gasteiger partial charge in [-0.2, -0.15) is 0 Å². The molecule has 1 aliphatic heterocycles. The Balaban J connectivity index is 2.28. The van der Waals surface area contributed by atoms with E-state index in [9.17, 15) is 13.9 Å². The second kappa shape index (κ2) is 4.65. The van der Waals surface area contributed by atoms with Gasteiger partial charge in [0.1, 0.15) is 6.10 Å². The lowest BCUT2D eigenvalue weighted by atomic mass is 10.0. The molecule has 0 spiro atoms. The van der Waals surface area contributed by atoms with Crippen LogP contribution in [0.25, 0.3) is 0 Å². The average Bonchev–Trinajstić information content (AvgIpc) is 2.75. The number of aliphatic hydroxyl groups excluding tert-OH is 1. The van der Waals surface area contributed by atoms with Crippen LogP contribution in [0.3, 0.4) is 0 Å². The highest BCUT2D eigenvalue weighted by molar-refractivity contribution is 6.31. The van der Waals surface area contributed by atoms with E-state index in [0.29, 0.717) is 13.0 Å². The molecule has 0 aliphatic carbocycles. The molecule has 1 heterocycles. The van der Waals surface area contributed by atoms with Crippen molar-refractivity contribution in [3.05, 3.63) is 34.4 Å². The summed E-state index contributed by atoms with van der Waals surface area (Å²) in [5, 5.41) is 9.93. The quantitative estimate of drug-likeness (QED) is 0.816. The summed E-state index contributed by atoms with van der Waals surface area (Å²) in [5.74, 6) is -2.04. The molecule has 1 saturated heterocycles. The van der Waals surface area contributed by atoms with E-state index in [0.717, 1.165) is 18.6 Å². The number of hydrogen-bond donors (Lipinski definition) is 1. The number of ether oxygens (including phenoxy) is 1. The first-order valence-corrected chi connectivity index (χ1v) is 5.41. The van der Waals surface area contributed by atoms with E-state index < -0.39 is 17.7 Å². The average molecular weight is 249 g/mol. The van der Waals surface area contributed by atoms with Gasteiger partial charge in [0.25, 0.3) is 0 Å². The van der Waals surface area contributed by atoms with E-state index in [-0.39, 0.29) is 16.7 Å². The van der Waals surface area contributed by atoms with E-state index in [2.05, 4.69) is 0 Å². The number of hydrogen-bond acceptors (Lipinski definition) is 2. The third-order valence-electron chi connectivity index (χ3n) is 2.68. The molecule has 1 fully saturated rings. The fourth-order valence-electron chi connectivity index (χ4n) is 1.82. The molecule has 1 aromatic carbocycles. The molecule has 2 rings (SSSR count). The molecule has 0 aromatic heterocycles. The molecule has 1 N–H and O–H groups in total. The Morgan fingerprint density at radius 1 is 1.38 bits per heavy atom. The van der Waals surface area contributed by atoms with Gasteiger partial charge in [0.15, 0.2) is 11.6 Å². The van der Waals surface area contributed by atoms with Crippen LogP contribution in [0.5, 0.6) is 0 Å². The minimum Gasteiger partial charge on any atom is -0.386 e. The summed E-state index contributed by atoms with van der Waals surface area (Å²) in [6.07, 6.45) is 0.145. The van der Waals surface area contributed by atoms with Gasteiger partial charge < -0.3 is 9.84 Å². The lowest BCUT2D eigenvalue weighted by Gasteiger charge is -2.18. The zero-order valence-electron chi connectivity index (χ0n) is 8.42. The van der Waals surface area contributed by atoms with Crippen molar-refractivity contribution in [2.75, 3.05) is 6.61 Å². The molecule has 0 radical (unpaired) electrons. The van der Waals surface area contributed by atoms with Gasteiger partial charge in [-0.05, 0) is 25.0 Å². The van der Waals surface area contributed by atoms with Crippen LogP contribution in [0, 0.1) is 11.6 Å². The van der Waals surface area contributed by atoms with Crippen molar-refractivity contribution in [2.24, 2.45) is 0 Å². The lowest BCUT2D eigenvalue weighted by Crippen LogP contribution is -2.17. The molecule has 0 bridgehead atoms. The summed E-state index contributed by atoms with van der Waals surface area (Å²) < 4.78 is 31.1. The highest BCUT2D eigenvalue weighted by Crippen LogP contribution is 2.32. The highest BCUT2D eigenvalue weighted by Gasteiger charge is 2.27. The van der Waals surface area contributed by atoms with Crippen molar-refractivity contribution < 1.29 is 18.6 Å². The van der Waals surface area contributed by atoms with Gasteiger partial charge in [-0.25, -0.2) is 8.78 Å². The normalized spacial score (nSPS) is 22.4. The predicted molar refractivity (Wildman–Crippen MR) is 55.3 cm³/mol. The van der Waals surface area contributed by atoms with Gasteiger partial charge in [-0.1, -0.05) is 11.6 Å². The topological polar surface area (TPSA) is 29.5 Å². The standard InChI is InChI=1S/C11H11ClF2O2/c12-7-5-9(14)8(13)4-6(7)11(15)10-2-1-3-16-10/h4-5,10-11,15H,1-3H2. The molecular weight excluding hydrogens is 238 g/mol. The summed E-state index contributed by atoms with van der Waals surface area (Å²) in [6.45, 7) is 0.572. The summed E-state index contributed by atoms with van der Waals surface area (Å²) in [6, 6.07) is 1.79. The number of benzene rings is 1. The van der Waals surface area contributed by atoms with Crippen molar-refractivity contribution in [2.45, 2.75) is 25.0 Å². The SMILES string of the molecule is OC(c1cc(F)c(F)cc1Cl)C1CCCO1. The molecule has 16 heavy (non-hydrogen) atoms. The molecule has 5 heteroatoms. The monoisotopic (exact) mass is 248 g/mol. The molecule has 2 atom stereocenters. The Kier molecular flexibility index (Phi) is 3.42. The van der Waals surface area contributed by atoms with Gasteiger partial charge in [-0.3, -0.25) is 0 Å². The Hall–Kier alpha value is -0.710. The summed E-state index contributed by atoms with van der Waals surface area (Å²) in [7, 11) is 0. The maximum Gasteiger partial charge on any atom is 0.160 e. The zero-order chi connectivity index (χ0) is 11.7. The third kappa shape index (κ3) is 2.19. The van der Waals surface area contributed by atoms with Crippen LogP contribution in [0.1, 0.15) is 24.5 Å².